The first kappa shape index (κ1) is 13.2. The summed E-state index contributed by atoms with van der Waals surface area (Å²) in [4.78, 5) is 20.1. The van der Waals surface area contributed by atoms with Crippen molar-refractivity contribution in [3.05, 3.63) is 72.5 Å². The van der Waals surface area contributed by atoms with Gasteiger partial charge in [-0.3, -0.25) is 9.78 Å². The number of aryl methyl sites for hydroxylation is 1. The summed E-state index contributed by atoms with van der Waals surface area (Å²) in [7, 11) is 0. The van der Waals surface area contributed by atoms with Crippen molar-refractivity contribution in [1.82, 2.24) is 9.97 Å². The standard InChI is InChI=1S/C17H14N2O2/c20-15(7-6-13-4-2-1-3-5-13)17-19-12-16(21-17)14-8-10-18-11-9-14/h1-5,8-12H,6-7H2. The van der Waals surface area contributed by atoms with Crippen LogP contribution < -0.4 is 0 Å². The van der Waals surface area contributed by atoms with Gasteiger partial charge in [0.05, 0.1) is 6.20 Å². The van der Waals surface area contributed by atoms with Crippen molar-refractivity contribution < 1.29 is 9.21 Å². The Hall–Kier alpha value is -2.75. The molecular formula is C17H14N2O2. The molecule has 0 aliphatic rings. The predicted octanol–water partition coefficient (Wildman–Crippen LogP) is 3.55. The summed E-state index contributed by atoms with van der Waals surface area (Å²) in [5, 5.41) is 0. The predicted molar refractivity (Wildman–Crippen MR) is 78.8 cm³/mol. The van der Waals surface area contributed by atoms with Crippen molar-refractivity contribution >= 4 is 5.78 Å². The second-order valence-electron chi connectivity index (χ2n) is 4.67. The molecule has 0 fully saturated rings. The van der Waals surface area contributed by atoms with Gasteiger partial charge in [-0.15, -0.1) is 0 Å². The van der Waals surface area contributed by atoms with Gasteiger partial charge in [0.25, 0.3) is 5.89 Å². The largest absolute Gasteiger partial charge is 0.434 e. The highest BCUT2D eigenvalue weighted by molar-refractivity contribution is 5.92. The van der Waals surface area contributed by atoms with Crippen LogP contribution in [0.5, 0.6) is 0 Å². The van der Waals surface area contributed by atoms with E-state index in [1.165, 1.54) is 0 Å². The lowest BCUT2D eigenvalue weighted by Gasteiger charge is -1.98. The Bertz CT molecular complexity index is 721. The normalized spacial score (nSPS) is 10.5. The average molecular weight is 278 g/mol. The van der Waals surface area contributed by atoms with Crippen LogP contribution in [0.25, 0.3) is 11.3 Å². The molecule has 0 radical (unpaired) electrons. The molecule has 104 valence electrons. The summed E-state index contributed by atoms with van der Waals surface area (Å²) in [5.74, 6) is 0.664. The summed E-state index contributed by atoms with van der Waals surface area (Å²) in [5.41, 5.74) is 1.99. The molecule has 0 amide bonds. The lowest BCUT2D eigenvalue weighted by Crippen LogP contribution is -2.01. The van der Waals surface area contributed by atoms with Crippen LogP contribution >= 0.6 is 0 Å². The van der Waals surface area contributed by atoms with Gasteiger partial charge < -0.3 is 4.42 Å². The van der Waals surface area contributed by atoms with E-state index in [1.807, 2.05) is 42.5 Å². The zero-order valence-electron chi connectivity index (χ0n) is 11.4. The lowest BCUT2D eigenvalue weighted by atomic mass is 10.1. The zero-order chi connectivity index (χ0) is 14.5. The van der Waals surface area contributed by atoms with E-state index in [9.17, 15) is 4.79 Å². The van der Waals surface area contributed by atoms with E-state index in [4.69, 9.17) is 4.42 Å². The number of oxazole rings is 1. The molecule has 3 aromatic rings. The molecule has 3 rings (SSSR count). The molecule has 0 unspecified atom stereocenters. The SMILES string of the molecule is O=C(CCc1ccccc1)c1ncc(-c2ccncc2)o1. The number of Topliss-reactive ketones (excluding diaryl/α,β-unsaturated/α-hetero) is 1. The number of carbonyl (C=O) groups excluding carboxylic acids is 1. The molecule has 4 heteroatoms. The topological polar surface area (TPSA) is 56.0 Å². The third-order valence-corrected chi connectivity index (χ3v) is 3.19. The molecular weight excluding hydrogens is 264 g/mol. The van der Waals surface area contributed by atoms with Gasteiger partial charge in [-0.05, 0) is 24.1 Å². The molecule has 2 aromatic heterocycles. The van der Waals surface area contributed by atoms with Crippen LogP contribution in [0.15, 0.2) is 65.5 Å². The van der Waals surface area contributed by atoms with Crippen molar-refractivity contribution in [2.24, 2.45) is 0 Å². The van der Waals surface area contributed by atoms with Gasteiger partial charge in [0.2, 0.25) is 5.78 Å². The molecule has 1 aromatic carbocycles. The number of aromatic nitrogens is 2. The third-order valence-electron chi connectivity index (χ3n) is 3.19. The first-order valence-electron chi connectivity index (χ1n) is 6.76. The van der Waals surface area contributed by atoms with Crippen LogP contribution in [0, 0.1) is 0 Å². The van der Waals surface area contributed by atoms with E-state index in [2.05, 4.69) is 9.97 Å². The Balaban J connectivity index is 1.67. The van der Waals surface area contributed by atoms with Crippen LogP contribution in [0.4, 0.5) is 0 Å². The summed E-state index contributed by atoms with van der Waals surface area (Å²) >= 11 is 0. The van der Waals surface area contributed by atoms with Gasteiger partial charge >= 0.3 is 0 Å². The molecule has 0 bridgehead atoms. The minimum absolute atomic E-state index is 0.0841. The fraction of sp³-hybridized carbons (Fsp3) is 0.118. The number of pyridine rings is 1. The summed E-state index contributed by atoms with van der Waals surface area (Å²) < 4.78 is 5.53. The number of ketones is 1. The van der Waals surface area contributed by atoms with Crippen molar-refractivity contribution in [2.75, 3.05) is 0 Å². The van der Waals surface area contributed by atoms with Crippen LogP contribution in [0.3, 0.4) is 0 Å². The lowest BCUT2D eigenvalue weighted by molar-refractivity contribution is 0.0950. The highest BCUT2D eigenvalue weighted by Crippen LogP contribution is 2.20. The number of nitrogens with zero attached hydrogens (tertiary/aromatic N) is 2. The quantitative estimate of drug-likeness (QED) is 0.670. The van der Waals surface area contributed by atoms with Gasteiger partial charge in [-0.1, -0.05) is 30.3 Å². The summed E-state index contributed by atoms with van der Waals surface area (Å²) in [6.45, 7) is 0. The number of hydrogen-bond donors (Lipinski definition) is 0. The molecule has 0 spiro atoms. The monoisotopic (exact) mass is 278 g/mol. The van der Waals surface area contributed by atoms with Gasteiger partial charge in [0.1, 0.15) is 0 Å². The Morgan fingerprint density at radius 3 is 2.57 bits per heavy atom. The first-order valence-corrected chi connectivity index (χ1v) is 6.76. The van der Waals surface area contributed by atoms with Gasteiger partial charge in [0, 0.05) is 24.4 Å². The third kappa shape index (κ3) is 3.23. The molecule has 0 saturated heterocycles. The second kappa shape index (κ2) is 6.13. The zero-order valence-corrected chi connectivity index (χ0v) is 11.4. The molecule has 4 nitrogen and oxygen atoms in total. The second-order valence-corrected chi connectivity index (χ2v) is 4.67. The summed E-state index contributed by atoms with van der Waals surface area (Å²) in [6, 6.07) is 13.5. The first-order chi connectivity index (χ1) is 10.3. The molecule has 0 N–H and O–H groups in total. The highest BCUT2D eigenvalue weighted by Gasteiger charge is 2.14. The van der Waals surface area contributed by atoms with E-state index in [0.717, 1.165) is 11.1 Å². The Morgan fingerprint density at radius 2 is 1.81 bits per heavy atom. The minimum Gasteiger partial charge on any atom is -0.434 e. The van der Waals surface area contributed by atoms with E-state index in [0.29, 0.717) is 18.6 Å². The fourth-order valence-electron chi connectivity index (χ4n) is 2.06. The van der Waals surface area contributed by atoms with E-state index in [1.54, 1.807) is 18.6 Å². The number of benzene rings is 1. The van der Waals surface area contributed by atoms with Crippen LogP contribution in [0.1, 0.15) is 22.7 Å². The van der Waals surface area contributed by atoms with Crippen molar-refractivity contribution in [2.45, 2.75) is 12.8 Å². The molecule has 0 saturated carbocycles. The fourth-order valence-corrected chi connectivity index (χ4v) is 2.06. The average Bonchev–Trinajstić information content (AvgIpc) is 3.04. The highest BCUT2D eigenvalue weighted by atomic mass is 16.4. The molecule has 0 aliphatic heterocycles. The minimum atomic E-state index is -0.0841. The van der Waals surface area contributed by atoms with E-state index >= 15 is 0 Å². The maximum absolute atomic E-state index is 12.1. The van der Waals surface area contributed by atoms with Crippen molar-refractivity contribution in [3.63, 3.8) is 0 Å². The van der Waals surface area contributed by atoms with E-state index < -0.39 is 0 Å². The number of hydrogen-bond acceptors (Lipinski definition) is 4. The van der Waals surface area contributed by atoms with Gasteiger partial charge in [-0.2, -0.15) is 0 Å². The maximum Gasteiger partial charge on any atom is 0.263 e. The van der Waals surface area contributed by atoms with Gasteiger partial charge in [0.15, 0.2) is 5.76 Å². The molecule has 0 aliphatic carbocycles. The Kier molecular flexibility index (Phi) is 3.87. The number of rotatable bonds is 5. The smallest absolute Gasteiger partial charge is 0.263 e. The molecule has 21 heavy (non-hydrogen) atoms. The Morgan fingerprint density at radius 1 is 1.05 bits per heavy atom. The number of carbonyl (C=O) groups is 1. The summed E-state index contributed by atoms with van der Waals surface area (Å²) in [6.07, 6.45) is 6.00. The van der Waals surface area contributed by atoms with Crippen LogP contribution in [0.2, 0.25) is 0 Å². The van der Waals surface area contributed by atoms with Crippen LogP contribution in [-0.4, -0.2) is 15.8 Å². The van der Waals surface area contributed by atoms with Crippen LogP contribution in [-0.2, 0) is 6.42 Å². The van der Waals surface area contributed by atoms with Crippen molar-refractivity contribution in [1.29, 1.82) is 0 Å². The molecule has 2 heterocycles. The van der Waals surface area contributed by atoms with Gasteiger partial charge in [-0.25, -0.2) is 4.98 Å². The Labute approximate surface area is 122 Å². The maximum atomic E-state index is 12.1. The van der Waals surface area contributed by atoms with Crippen molar-refractivity contribution in [3.8, 4) is 11.3 Å². The van der Waals surface area contributed by atoms with E-state index in [-0.39, 0.29) is 11.7 Å². The molecule has 0 atom stereocenters.